The molecule has 0 unspecified atom stereocenters. The molecule has 5 rings (SSSR count). The molecule has 1 N–H and O–H groups in total. The highest BCUT2D eigenvalue weighted by molar-refractivity contribution is 6.00. The predicted molar refractivity (Wildman–Crippen MR) is 147 cm³/mol. The summed E-state index contributed by atoms with van der Waals surface area (Å²) < 4.78 is 6.22. The lowest BCUT2D eigenvalue weighted by molar-refractivity contribution is 0.0927. The number of nitrogens with one attached hydrogen (secondary N) is 1. The Balaban J connectivity index is 1.37. The third-order valence-electron chi connectivity index (χ3n) is 6.56. The van der Waals surface area contributed by atoms with E-state index in [-0.39, 0.29) is 12.1 Å². The first-order chi connectivity index (χ1) is 17.9. The summed E-state index contributed by atoms with van der Waals surface area (Å²) in [6.45, 7) is 3.63. The summed E-state index contributed by atoms with van der Waals surface area (Å²) >= 11 is 0. The van der Waals surface area contributed by atoms with Gasteiger partial charge in [0.2, 0.25) is 0 Å². The average molecular weight is 476 g/mol. The van der Waals surface area contributed by atoms with Crippen LogP contribution in [-0.4, -0.2) is 36.0 Å². The zero-order valence-electron chi connectivity index (χ0n) is 20.5. The van der Waals surface area contributed by atoms with Crippen molar-refractivity contribution in [3.8, 4) is 0 Å². The second kappa shape index (κ2) is 12.3. The molecule has 36 heavy (non-hydrogen) atoms. The Labute approximate surface area is 214 Å². The Morgan fingerprint density at radius 1 is 0.667 bits per heavy atom. The number of hydrogen-bond acceptors (Lipinski definition) is 4. The zero-order valence-corrected chi connectivity index (χ0v) is 20.5. The summed E-state index contributed by atoms with van der Waals surface area (Å²) in [5.74, 6) is 1.04. The van der Waals surface area contributed by atoms with Gasteiger partial charge in [-0.05, 0) is 16.7 Å². The molecule has 1 aliphatic rings. The quantitative estimate of drug-likeness (QED) is 0.303. The fourth-order valence-electron chi connectivity index (χ4n) is 4.71. The van der Waals surface area contributed by atoms with Crippen molar-refractivity contribution in [2.75, 3.05) is 13.2 Å². The number of nitrogens with zero attached hydrogens (tertiary/aromatic N) is 2. The molecular formula is C32H33N3O. The lowest BCUT2D eigenvalue weighted by Gasteiger charge is -2.31. The Morgan fingerprint density at radius 3 is 1.86 bits per heavy atom. The minimum atomic E-state index is 0.0379. The maximum atomic E-state index is 6.22. The SMILES string of the molecule is c1ccc(CNC[C@@H]2[C@@H](COCc3ccccc3)N=C(c3ccccc3)N2Cc2ccccc2)cc1. The summed E-state index contributed by atoms with van der Waals surface area (Å²) in [5.41, 5.74) is 4.89. The van der Waals surface area contributed by atoms with Crippen molar-refractivity contribution < 1.29 is 4.74 Å². The van der Waals surface area contributed by atoms with Crippen LogP contribution in [0.4, 0.5) is 0 Å². The van der Waals surface area contributed by atoms with Gasteiger partial charge in [0.15, 0.2) is 0 Å². The van der Waals surface area contributed by atoms with E-state index in [0.717, 1.165) is 31.0 Å². The summed E-state index contributed by atoms with van der Waals surface area (Å²) in [5, 5.41) is 3.70. The van der Waals surface area contributed by atoms with Gasteiger partial charge in [-0.25, -0.2) is 0 Å². The van der Waals surface area contributed by atoms with Gasteiger partial charge in [-0.3, -0.25) is 4.99 Å². The molecule has 4 aromatic carbocycles. The molecule has 0 aliphatic carbocycles. The molecule has 182 valence electrons. The van der Waals surface area contributed by atoms with Crippen molar-refractivity contribution in [2.45, 2.75) is 31.8 Å². The molecule has 4 aromatic rings. The van der Waals surface area contributed by atoms with Crippen LogP contribution in [0.5, 0.6) is 0 Å². The molecule has 0 radical (unpaired) electrons. The highest BCUT2D eigenvalue weighted by Gasteiger charge is 2.36. The van der Waals surface area contributed by atoms with Crippen molar-refractivity contribution in [3.05, 3.63) is 144 Å². The van der Waals surface area contributed by atoms with Crippen LogP contribution >= 0.6 is 0 Å². The molecule has 0 saturated heterocycles. The maximum absolute atomic E-state index is 6.22. The zero-order chi connectivity index (χ0) is 24.4. The van der Waals surface area contributed by atoms with E-state index in [1.165, 1.54) is 16.7 Å². The second-order valence-corrected chi connectivity index (χ2v) is 9.18. The first kappa shape index (κ1) is 24.0. The lowest BCUT2D eigenvalue weighted by atomic mass is 10.1. The molecule has 2 atom stereocenters. The van der Waals surface area contributed by atoms with Gasteiger partial charge in [0, 0.05) is 25.2 Å². The Morgan fingerprint density at radius 2 is 1.22 bits per heavy atom. The summed E-state index contributed by atoms with van der Waals surface area (Å²) in [7, 11) is 0. The first-order valence-electron chi connectivity index (χ1n) is 12.7. The number of ether oxygens (including phenoxy) is 1. The van der Waals surface area contributed by atoms with Crippen LogP contribution in [0.25, 0.3) is 0 Å². The maximum Gasteiger partial charge on any atom is 0.132 e. The normalized spacial score (nSPS) is 17.2. The van der Waals surface area contributed by atoms with Crippen molar-refractivity contribution in [2.24, 2.45) is 4.99 Å². The van der Waals surface area contributed by atoms with Crippen LogP contribution in [0.2, 0.25) is 0 Å². The molecule has 0 amide bonds. The number of amidine groups is 1. The monoisotopic (exact) mass is 475 g/mol. The van der Waals surface area contributed by atoms with Crippen LogP contribution in [0.1, 0.15) is 22.3 Å². The number of benzene rings is 4. The largest absolute Gasteiger partial charge is 0.374 e. The van der Waals surface area contributed by atoms with Gasteiger partial charge in [-0.15, -0.1) is 0 Å². The molecule has 0 fully saturated rings. The standard InChI is InChI=1S/C32H33N3O/c1-5-13-26(14-6-1)21-33-22-31-30(25-36-24-28-17-9-3-10-18-28)34-32(29-19-11-4-12-20-29)35(31)23-27-15-7-2-8-16-27/h1-20,30-31,33H,21-25H2/t30-,31-/m1/s1. The van der Waals surface area contributed by atoms with E-state index in [1.54, 1.807) is 0 Å². The van der Waals surface area contributed by atoms with E-state index in [4.69, 9.17) is 9.73 Å². The molecule has 4 nitrogen and oxygen atoms in total. The van der Waals surface area contributed by atoms with Gasteiger partial charge in [-0.2, -0.15) is 0 Å². The van der Waals surface area contributed by atoms with E-state index in [0.29, 0.717) is 13.2 Å². The van der Waals surface area contributed by atoms with Crippen LogP contribution < -0.4 is 5.32 Å². The molecule has 1 aliphatic heterocycles. The van der Waals surface area contributed by atoms with Crippen LogP contribution in [0, 0.1) is 0 Å². The number of rotatable bonds is 11. The highest BCUT2D eigenvalue weighted by atomic mass is 16.5. The molecule has 0 saturated carbocycles. The Kier molecular flexibility index (Phi) is 8.19. The summed E-state index contributed by atoms with van der Waals surface area (Å²) in [4.78, 5) is 7.71. The van der Waals surface area contributed by atoms with E-state index < -0.39 is 0 Å². The van der Waals surface area contributed by atoms with Crippen molar-refractivity contribution >= 4 is 5.84 Å². The van der Waals surface area contributed by atoms with Crippen LogP contribution in [0.3, 0.4) is 0 Å². The molecule has 0 aromatic heterocycles. The fourth-order valence-corrected chi connectivity index (χ4v) is 4.71. The second-order valence-electron chi connectivity index (χ2n) is 9.18. The predicted octanol–water partition coefficient (Wildman–Crippen LogP) is 5.69. The van der Waals surface area contributed by atoms with E-state index in [1.807, 2.05) is 6.07 Å². The third kappa shape index (κ3) is 6.28. The molecular weight excluding hydrogens is 442 g/mol. The van der Waals surface area contributed by atoms with E-state index in [2.05, 4.69) is 125 Å². The first-order valence-corrected chi connectivity index (χ1v) is 12.7. The van der Waals surface area contributed by atoms with Crippen molar-refractivity contribution in [1.82, 2.24) is 10.2 Å². The average Bonchev–Trinajstić information content (AvgIpc) is 3.27. The molecule has 0 spiro atoms. The minimum Gasteiger partial charge on any atom is -0.374 e. The minimum absolute atomic E-state index is 0.0379. The highest BCUT2D eigenvalue weighted by Crippen LogP contribution is 2.25. The summed E-state index contributed by atoms with van der Waals surface area (Å²) in [6, 6.07) is 42.3. The third-order valence-corrected chi connectivity index (χ3v) is 6.56. The Bertz CT molecular complexity index is 1210. The lowest BCUT2D eigenvalue weighted by Crippen LogP contribution is -2.47. The summed E-state index contributed by atoms with van der Waals surface area (Å²) in [6.07, 6.45) is 0. The van der Waals surface area contributed by atoms with Crippen molar-refractivity contribution in [1.29, 1.82) is 0 Å². The molecule has 0 bridgehead atoms. The van der Waals surface area contributed by atoms with Crippen LogP contribution in [0.15, 0.2) is 126 Å². The van der Waals surface area contributed by atoms with E-state index in [9.17, 15) is 0 Å². The van der Waals surface area contributed by atoms with Gasteiger partial charge < -0.3 is 15.0 Å². The van der Waals surface area contributed by atoms with Gasteiger partial charge in [0.1, 0.15) is 5.84 Å². The van der Waals surface area contributed by atoms with Gasteiger partial charge >= 0.3 is 0 Å². The number of aliphatic imine (C=N–C) groups is 1. The number of hydrogen-bond donors (Lipinski definition) is 1. The molecule has 1 heterocycles. The van der Waals surface area contributed by atoms with E-state index >= 15 is 0 Å². The van der Waals surface area contributed by atoms with Gasteiger partial charge in [-0.1, -0.05) is 121 Å². The van der Waals surface area contributed by atoms with Gasteiger partial charge in [0.25, 0.3) is 0 Å². The van der Waals surface area contributed by atoms with Crippen LogP contribution in [-0.2, 0) is 24.4 Å². The molecule has 4 heteroatoms. The fraction of sp³-hybridized carbons (Fsp3) is 0.219. The smallest absolute Gasteiger partial charge is 0.132 e. The Hall–Kier alpha value is -3.73. The van der Waals surface area contributed by atoms with Gasteiger partial charge in [0.05, 0.1) is 25.3 Å². The topological polar surface area (TPSA) is 36.9 Å². The van der Waals surface area contributed by atoms with Crippen molar-refractivity contribution in [3.63, 3.8) is 0 Å².